The zero-order valence-corrected chi connectivity index (χ0v) is 8.36. The van der Waals surface area contributed by atoms with Crippen LogP contribution in [0.25, 0.3) is 0 Å². The normalized spacial score (nSPS) is 12.8. The van der Waals surface area contributed by atoms with E-state index in [9.17, 15) is 0 Å². The minimum Gasteiger partial charge on any atom is -0.468 e. The van der Waals surface area contributed by atoms with Gasteiger partial charge in [-0.25, -0.2) is 4.98 Å². The summed E-state index contributed by atoms with van der Waals surface area (Å²) < 4.78 is 12.3. The quantitative estimate of drug-likeness (QED) is 0.692. The Hall–Kier alpha value is -1.03. The maximum absolute atomic E-state index is 5.27. The van der Waals surface area contributed by atoms with E-state index >= 15 is 0 Å². The Morgan fingerprint density at radius 1 is 1.54 bits per heavy atom. The number of rotatable bonds is 5. The largest absolute Gasteiger partial charge is 0.468 e. The third kappa shape index (κ3) is 2.45. The zero-order chi connectivity index (χ0) is 9.68. The Balaban J connectivity index is 2.61. The van der Waals surface area contributed by atoms with Crippen LogP contribution in [-0.2, 0) is 11.3 Å². The molecule has 0 radical (unpaired) electrons. The van der Waals surface area contributed by atoms with Crippen LogP contribution in [-0.4, -0.2) is 29.9 Å². The lowest BCUT2D eigenvalue weighted by Crippen LogP contribution is -2.17. The van der Waals surface area contributed by atoms with E-state index in [1.54, 1.807) is 20.4 Å². The van der Waals surface area contributed by atoms with Gasteiger partial charge in [-0.05, 0) is 6.42 Å². The van der Waals surface area contributed by atoms with Gasteiger partial charge in [0, 0.05) is 19.5 Å². The van der Waals surface area contributed by atoms with Crippen molar-refractivity contribution in [3.63, 3.8) is 0 Å². The van der Waals surface area contributed by atoms with Crippen LogP contribution in [0, 0.1) is 0 Å². The van der Waals surface area contributed by atoms with E-state index in [-0.39, 0.29) is 6.10 Å². The Bertz CT molecular complexity index is 244. The van der Waals surface area contributed by atoms with Crippen molar-refractivity contribution >= 4 is 0 Å². The predicted octanol–water partition coefficient (Wildman–Crippen LogP) is 1.32. The maximum Gasteiger partial charge on any atom is 0.296 e. The van der Waals surface area contributed by atoms with Gasteiger partial charge in [-0.3, -0.25) is 4.57 Å². The second-order valence-electron chi connectivity index (χ2n) is 2.83. The van der Waals surface area contributed by atoms with Gasteiger partial charge in [0.2, 0.25) is 0 Å². The molecular formula is C9H16N2O2. The summed E-state index contributed by atoms with van der Waals surface area (Å²) in [6.07, 6.45) is 4.82. The van der Waals surface area contributed by atoms with Gasteiger partial charge in [0.1, 0.15) is 0 Å². The van der Waals surface area contributed by atoms with E-state index in [0.717, 1.165) is 13.0 Å². The zero-order valence-electron chi connectivity index (χ0n) is 8.36. The van der Waals surface area contributed by atoms with E-state index in [1.165, 1.54) is 0 Å². The first-order chi connectivity index (χ1) is 6.31. The third-order valence-corrected chi connectivity index (χ3v) is 2.05. The first kappa shape index (κ1) is 10.1. The summed E-state index contributed by atoms with van der Waals surface area (Å²) in [6, 6.07) is 0.635. The molecular weight excluding hydrogens is 168 g/mol. The first-order valence-electron chi connectivity index (χ1n) is 4.39. The molecule has 0 saturated carbocycles. The Morgan fingerprint density at radius 2 is 2.31 bits per heavy atom. The molecule has 0 aliphatic rings. The minimum absolute atomic E-state index is 0.225. The second-order valence-corrected chi connectivity index (χ2v) is 2.83. The van der Waals surface area contributed by atoms with E-state index in [2.05, 4.69) is 11.9 Å². The molecule has 1 rings (SSSR count). The van der Waals surface area contributed by atoms with Crippen LogP contribution in [0.2, 0.25) is 0 Å². The van der Waals surface area contributed by atoms with Crippen LogP contribution in [0.15, 0.2) is 12.4 Å². The van der Waals surface area contributed by atoms with Crippen molar-refractivity contribution in [3.8, 4) is 6.01 Å². The summed E-state index contributed by atoms with van der Waals surface area (Å²) in [6.45, 7) is 2.88. The molecule has 0 spiro atoms. The molecule has 1 heterocycles. The van der Waals surface area contributed by atoms with Crippen LogP contribution < -0.4 is 4.74 Å². The number of aromatic nitrogens is 2. The van der Waals surface area contributed by atoms with Crippen molar-refractivity contribution in [2.75, 3.05) is 14.2 Å². The molecule has 0 aliphatic carbocycles. The van der Waals surface area contributed by atoms with E-state index < -0.39 is 0 Å². The summed E-state index contributed by atoms with van der Waals surface area (Å²) in [4.78, 5) is 4.04. The molecule has 0 amide bonds. The summed E-state index contributed by atoms with van der Waals surface area (Å²) in [7, 11) is 3.34. The Morgan fingerprint density at radius 3 is 2.85 bits per heavy atom. The second kappa shape index (κ2) is 4.87. The lowest BCUT2D eigenvalue weighted by Gasteiger charge is -2.14. The molecule has 1 unspecified atom stereocenters. The van der Waals surface area contributed by atoms with Crippen LogP contribution in [0.4, 0.5) is 0 Å². The van der Waals surface area contributed by atoms with Crippen molar-refractivity contribution in [2.45, 2.75) is 26.0 Å². The van der Waals surface area contributed by atoms with Gasteiger partial charge in [-0.1, -0.05) is 6.92 Å². The highest BCUT2D eigenvalue weighted by molar-refractivity contribution is 4.98. The van der Waals surface area contributed by atoms with Gasteiger partial charge in [0.25, 0.3) is 6.01 Å². The lowest BCUT2D eigenvalue weighted by atomic mass is 10.3. The number of hydrogen-bond acceptors (Lipinski definition) is 3. The number of ether oxygens (including phenoxy) is 2. The molecule has 74 valence electrons. The van der Waals surface area contributed by atoms with Crippen LogP contribution in [0.5, 0.6) is 6.01 Å². The SMILES string of the molecule is CCC(Cn1ccnc1OC)OC. The minimum atomic E-state index is 0.225. The van der Waals surface area contributed by atoms with Crippen LogP contribution >= 0.6 is 0 Å². The number of hydrogen-bond donors (Lipinski definition) is 0. The smallest absolute Gasteiger partial charge is 0.296 e. The molecule has 1 aromatic heterocycles. The van der Waals surface area contributed by atoms with Crippen molar-refractivity contribution in [2.24, 2.45) is 0 Å². The van der Waals surface area contributed by atoms with Gasteiger partial charge < -0.3 is 9.47 Å². The van der Waals surface area contributed by atoms with E-state index in [0.29, 0.717) is 6.01 Å². The number of nitrogens with zero attached hydrogens (tertiary/aromatic N) is 2. The topological polar surface area (TPSA) is 36.3 Å². The molecule has 4 nitrogen and oxygen atoms in total. The standard InChI is InChI=1S/C9H16N2O2/c1-4-8(12-2)7-11-6-5-10-9(11)13-3/h5-6,8H,4,7H2,1-3H3. The summed E-state index contributed by atoms with van der Waals surface area (Å²) in [5.74, 6) is 0. The Labute approximate surface area is 78.5 Å². The van der Waals surface area contributed by atoms with Crippen molar-refractivity contribution in [3.05, 3.63) is 12.4 Å². The van der Waals surface area contributed by atoms with Crippen molar-refractivity contribution in [1.29, 1.82) is 0 Å². The highest BCUT2D eigenvalue weighted by Crippen LogP contribution is 2.09. The van der Waals surface area contributed by atoms with Crippen molar-refractivity contribution in [1.82, 2.24) is 9.55 Å². The van der Waals surface area contributed by atoms with Gasteiger partial charge in [-0.15, -0.1) is 0 Å². The molecule has 1 atom stereocenters. The van der Waals surface area contributed by atoms with E-state index in [4.69, 9.17) is 9.47 Å². The molecule has 0 saturated heterocycles. The first-order valence-corrected chi connectivity index (χ1v) is 4.39. The summed E-state index contributed by atoms with van der Waals surface area (Å²) in [5, 5.41) is 0. The fraction of sp³-hybridized carbons (Fsp3) is 0.667. The number of imidazole rings is 1. The van der Waals surface area contributed by atoms with Gasteiger partial charge in [-0.2, -0.15) is 0 Å². The molecule has 4 heteroatoms. The van der Waals surface area contributed by atoms with Gasteiger partial charge in [0.05, 0.1) is 19.8 Å². The van der Waals surface area contributed by atoms with Gasteiger partial charge in [0.15, 0.2) is 0 Å². The molecule has 0 aromatic carbocycles. The maximum atomic E-state index is 5.27. The third-order valence-electron chi connectivity index (χ3n) is 2.05. The van der Waals surface area contributed by atoms with Gasteiger partial charge >= 0.3 is 0 Å². The summed E-state index contributed by atoms with van der Waals surface area (Å²) >= 11 is 0. The van der Waals surface area contributed by atoms with Crippen LogP contribution in [0.3, 0.4) is 0 Å². The monoisotopic (exact) mass is 184 g/mol. The lowest BCUT2D eigenvalue weighted by molar-refractivity contribution is 0.0823. The molecule has 0 bridgehead atoms. The highest BCUT2D eigenvalue weighted by Gasteiger charge is 2.08. The summed E-state index contributed by atoms with van der Waals surface area (Å²) in [5.41, 5.74) is 0. The van der Waals surface area contributed by atoms with Crippen molar-refractivity contribution < 1.29 is 9.47 Å². The molecule has 13 heavy (non-hydrogen) atoms. The molecule has 0 aliphatic heterocycles. The average molecular weight is 184 g/mol. The van der Waals surface area contributed by atoms with E-state index in [1.807, 2.05) is 10.8 Å². The van der Waals surface area contributed by atoms with Crippen LogP contribution in [0.1, 0.15) is 13.3 Å². The highest BCUT2D eigenvalue weighted by atomic mass is 16.5. The predicted molar refractivity (Wildman–Crippen MR) is 49.9 cm³/mol. The molecule has 0 N–H and O–H groups in total. The average Bonchev–Trinajstić information content (AvgIpc) is 2.61. The molecule has 1 aromatic rings. The fourth-order valence-corrected chi connectivity index (χ4v) is 1.21. The molecule has 0 fully saturated rings. The Kier molecular flexibility index (Phi) is 3.76. The fourth-order valence-electron chi connectivity index (χ4n) is 1.21. The number of methoxy groups -OCH3 is 2.